The van der Waals surface area contributed by atoms with Crippen molar-refractivity contribution in [2.24, 2.45) is 0 Å². The van der Waals surface area contributed by atoms with Gasteiger partial charge in [-0.3, -0.25) is 4.79 Å². The maximum absolute atomic E-state index is 12.5. The summed E-state index contributed by atoms with van der Waals surface area (Å²) >= 11 is 4.83. The van der Waals surface area contributed by atoms with Crippen molar-refractivity contribution in [3.63, 3.8) is 0 Å². The van der Waals surface area contributed by atoms with E-state index in [0.29, 0.717) is 15.3 Å². The van der Waals surface area contributed by atoms with Crippen LogP contribution in [-0.2, 0) is 0 Å². The Morgan fingerprint density at radius 1 is 1.04 bits per heavy atom. The van der Waals surface area contributed by atoms with E-state index in [0.717, 1.165) is 15.6 Å². The Labute approximate surface area is 143 Å². The van der Waals surface area contributed by atoms with Crippen LogP contribution < -0.4 is 10.1 Å². The quantitative estimate of drug-likeness (QED) is 0.534. The predicted molar refractivity (Wildman–Crippen MR) is 95.5 cm³/mol. The van der Waals surface area contributed by atoms with E-state index >= 15 is 0 Å². The monoisotopic (exact) mass is 383 g/mol. The van der Waals surface area contributed by atoms with Crippen molar-refractivity contribution >= 4 is 38.3 Å². The van der Waals surface area contributed by atoms with E-state index in [-0.39, 0.29) is 5.56 Å². The number of benzene rings is 2. The van der Waals surface area contributed by atoms with Crippen LogP contribution in [0.3, 0.4) is 0 Å². The highest BCUT2D eigenvalue weighted by Gasteiger charge is 2.11. The van der Waals surface area contributed by atoms with E-state index in [9.17, 15) is 4.79 Å². The first-order valence-electron chi connectivity index (χ1n) is 6.93. The molecule has 0 radical (unpaired) electrons. The molecule has 0 fully saturated rings. The zero-order valence-corrected chi connectivity index (χ0v) is 14.2. The lowest BCUT2D eigenvalue weighted by molar-refractivity contribution is 0.937. The second-order valence-electron chi connectivity index (χ2n) is 4.93. The van der Waals surface area contributed by atoms with Gasteiger partial charge in [-0.1, -0.05) is 75.8 Å². The van der Waals surface area contributed by atoms with Gasteiger partial charge in [0.15, 0.2) is 5.82 Å². The van der Waals surface area contributed by atoms with Crippen LogP contribution in [0, 0.1) is 0 Å². The Morgan fingerprint density at radius 3 is 2.52 bits per heavy atom. The molecular formula is C17H10BrN3OS. The summed E-state index contributed by atoms with van der Waals surface area (Å²) in [7, 11) is 0. The third-order valence-corrected chi connectivity index (χ3v) is 5.09. The number of thiazole rings is 1. The minimum Gasteiger partial charge on any atom is -0.266 e. The molecule has 4 rings (SSSR count). The van der Waals surface area contributed by atoms with Crippen LogP contribution in [0.2, 0.25) is 0 Å². The Balaban J connectivity index is 1.86. The maximum atomic E-state index is 12.5. The molecule has 0 aliphatic heterocycles. The molecule has 0 saturated heterocycles. The van der Waals surface area contributed by atoms with Crippen LogP contribution in [0.5, 0.6) is 0 Å². The molecule has 0 spiro atoms. The second-order valence-corrected chi connectivity index (χ2v) is 6.80. The average Bonchev–Trinajstić information content (AvgIpc) is 3.11. The molecule has 112 valence electrons. The summed E-state index contributed by atoms with van der Waals surface area (Å²) in [6.07, 6.45) is 1.86. The van der Waals surface area contributed by atoms with Crippen molar-refractivity contribution < 1.29 is 0 Å². The zero-order chi connectivity index (χ0) is 15.8. The van der Waals surface area contributed by atoms with E-state index in [1.165, 1.54) is 15.9 Å². The molecule has 6 heteroatoms. The van der Waals surface area contributed by atoms with Crippen molar-refractivity contribution in [2.45, 2.75) is 0 Å². The molecule has 2 aromatic heterocycles. The number of aromatic nitrogens is 3. The average molecular weight is 384 g/mol. The fourth-order valence-corrected chi connectivity index (χ4v) is 3.57. The third-order valence-electron chi connectivity index (χ3n) is 3.41. The molecule has 0 bridgehead atoms. The molecular weight excluding hydrogens is 374 g/mol. The molecule has 0 aliphatic rings. The van der Waals surface area contributed by atoms with Gasteiger partial charge >= 0.3 is 0 Å². The van der Waals surface area contributed by atoms with Crippen LogP contribution >= 0.6 is 27.3 Å². The lowest BCUT2D eigenvalue weighted by atomic mass is 10.2. The van der Waals surface area contributed by atoms with Gasteiger partial charge in [0, 0.05) is 10.0 Å². The minimum absolute atomic E-state index is 0.143. The smallest absolute Gasteiger partial charge is 0.266 e. The summed E-state index contributed by atoms with van der Waals surface area (Å²) in [6, 6.07) is 17.4. The summed E-state index contributed by atoms with van der Waals surface area (Å²) in [5.74, 6) is 0.571. The first kappa shape index (κ1) is 14.3. The number of rotatable bonds is 2. The fraction of sp³-hybridized carbons (Fsp3) is 0. The van der Waals surface area contributed by atoms with Gasteiger partial charge in [0.1, 0.15) is 0 Å². The molecule has 0 aliphatic carbocycles. The van der Waals surface area contributed by atoms with Gasteiger partial charge in [0.05, 0.1) is 4.53 Å². The van der Waals surface area contributed by atoms with Crippen molar-refractivity contribution in [2.75, 3.05) is 0 Å². The Bertz CT molecular complexity index is 1100. The normalized spacial score (nSPS) is 12.1. The van der Waals surface area contributed by atoms with Crippen LogP contribution in [0.4, 0.5) is 0 Å². The molecule has 4 nitrogen and oxygen atoms in total. The molecule has 4 aromatic rings. The van der Waals surface area contributed by atoms with E-state index in [1.54, 1.807) is 0 Å². The van der Waals surface area contributed by atoms with Crippen LogP contribution in [0.25, 0.3) is 22.4 Å². The zero-order valence-electron chi connectivity index (χ0n) is 11.8. The van der Waals surface area contributed by atoms with E-state index in [1.807, 2.05) is 60.7 Å². The molecule has 0 amide bonds. The topological polar surface area (TPSA) is 47.3 Å². The number of hydrogen-bond acceptors (Lipinski definition) is 4. The van der Waals surface area contributed by atoms with E-state index in [4.69, 9.17) is 0 Å². The van der Waals surface area contributed by atoms with E-state index < -0.39 is 0 Å². The highest BCUT2D eigenvalue weighted by Crippen LogP contribution is 2.17. The predicted octanol–water partition coefficient (Wildman–Crippen LogP) is 3.13. The first-order chi connectivity index (χ1) is 11.2. The molecule has 23 heavy (non-hydrogen) atoms. The van der Waals surface area contributed by atoms with Crippen LogP contribution in [0.1, 0.15) is 5.56 Å². The van der Waals surface area contributed by atoms with Gasteiger partial charge < -0.3 is 0 Å². The minimum atomic E-state index is -0.143. The van der Waals surface area contributed by atoms with Gasteiger partial charge in [-0.2, -0.15) is 9.50 Å². The second kappa shape index (κ2) is 5.72. The number of hydrogen-bond donors (Lipinski definition) is 0. The Kier molecular flexibility index (Phi) is 3.55. The number of halogens is 1. The first-order valence-corrected chi connectivity index (χ1v) is 8.54. The molecule has 0 unspecified atom stereocenters. The molecule has 2 heterocycles. The van der Waals surface area contributed by atoms with Crippen molar-refractivity contribution in [3.05, 3.63) is 79.5 Å². The third kappa shape index (κ3) is 2.60. The maximum Gasteiger partial charge on any atom is 0.291 e. The highest BCUT2D eigenvalue weighted by molar-refractivity contribution is 9.10. The Hall–Kier alpha value is -2.31. The van der Waals surface area contributed by atoms with Gasteiger partial charge in [-0.15, -0.1) is 5.10 Å². The fourth-order valence-electron chi connectivity index (χ4n) is 2.28. The lowest BCUT2D eigenvalue weighted by Gasteiger charge is -1.94. The summed E-state index contributed by atoms with van der Waals surface area (Å²) in [5.41, 5.74) is 1.71. The van der Waals surface area contributed by atoms with Gasteiger partial charge in [-0.25, -0.2) is 0 Å². The van der Waals surface area contributed by atoms with Crippen molar-refractivity contribution in [1.82, 2.24) is 14.6 Å². The van der Waals surface area contributed by atoms with Crippen molar-refractivity contribution in [1.29, 1.82) is 0 Å². The molecule has 0 N–H and O–H groups in total. The largest absolute Gasteiger partial charge is 0.291 e. The molecule has 2 aromatic carbocycles. The summed E-state index contributed by atoms with van der Waals surface area (Å²) in [6.45, 7) is 0. The standard InChI is InChI=1S/C17H10BrN3OS/c18-13-9-5-4-8-12(13)10-14-16(22)21-17(23-14)19-15(20-21)11-6-2-1-3-7-11/h1-10H/b14-10+. The summed E-state index contributed by atoms with van der Waals surface area (Å²) < 4.78 is 2.94. The lowest BCUT2D eigenvalue weighted by Crippen LogP contribution is -2.23. The van der Waals surface area contributed by atoms with Crippen LogP contribution in [-0.4, -0.2) is 14.6 Å². The SMILES string of the molecule is O=c1/c(=C\c2ccccc2Br)sc2nc(-c3ccccc3)nn12. The Morgan fingerprint density at radius 2 is 1.78 bits per heavy atom. The number of fused-ring (bicyclic) bond motifs is 1. The van der Waals surface area contributed by atoms with Gasteiger partial charge in [0.2, 0.25) is 4.96 Å². The summed E-state index contributed by atoms with van der Waals surface area (Å²) in [5, 5.41) is 4.34. The van der Waals surface area contributed by atoms with Gasteiger partial charge in [0.25, 0.3) is 5.56 Å². The summed E-state index contributed by atoms with van der Waals surface area (Å²) in [4.78, 5) is 17.6. The molecule has 0 atom stereocenters. The highest BCUT2D eigenvalue weighted by atomic mass is 79.9. The van der Waals surface area contributed by atoms with E-state index in [2.05, 4.69) is 26.0 Å². The van der Waals surface area contributed by atoms with Crippen LogP contribution in [0.15, 0.2) is 63.9 Å². The van der Waals surface area contributed by atoms with Crippen molar-refractivity contribution in [3.8, 4) is 11.4 Å². The number of nitrogens with zero attached hydrogens (tertiary/aromatic N) is 3. The van der Waals surface area contributed by atoms with Gasteiger partial charge in [-0.05, 0) is 17.7 Å². The molecule has 0 saturated carbocycles.